The topological polar surface area (TPSA) is 55.4 Å². The van der Waals surface area contributed by atoms with E-state index in [2.05, 4.69) is 59.6 Å². The van der Waals surface area contributed by atoms with Gasteiger partial charge in [-0.25, -0.2) is 8.42 Å². The zero-order valence-electron chi connectivity index (χ0n) is 20.8. The first-order valence-electron chi connectivity index (χ1n) is 11.6. The molecule has 0 aliphatic carbocycles. The molecule has 0 aliphatic rings. The van der Waals surface area contributed by atoms with E-state index >= 15 is 0 Å². The third kappa shape index (κ3) is 7.54. The lowest BCUT2D eigenvalue weighted by Gasteiger charge is -2.33. The number of hydrogen-bond acceptors (Lipinski definition) is 3. The van der Waals surface area contributed by atoms with Crippen LogP contribution in [0, 0.1) is 11.8 Å². The monoisotopic (exact) mass is 458 g/mol. The molecule has 4 nitrogen and oxygen atoms in total. The Kier molecular flexibility index (Phi) is 8.81. The van der Waals surface area contributed by atoms with E-state index in [1.165, 1.54) is 0 Å². The van der Waals surface area contributed by atoms with Crippen molar-refractivity contribution in [2.75, 3.05) is 11.3 Å². The Morgan fingerprint density at radius 3 is 2.19 bits per heavy atom. The van der Waals surface area contributed by atoms with Gasteiger partial charge in [-0.3, -0.25) is 4.72 Å². The zero-order valence-corrected chi connectivity index (χ0v) is 21.6. The largest absolute Gasteiger partial charge is 0.492 e. The number of unbranched alkanes of at least 4 members (excludes halogenated alkanes) is 1. The van der Waals surface area contributed by atoms with Gasteiger partial charge in [0.2, 0.25) is 0 Å². The summed E-state index contributed by atoms with van der Waals surface area (Å²) in [5.74, 6) is 0.400. The first-order chi connectivity index (χ1) is 14.9. The van der Waals surface area contributed by atoms with E-state index in [9.17, 15) is 8.42 Å². The van der Waals surface area contributed by atoms with Crippen LogP contribution in [0.1, 0.15) is 85.3 Å². The standard InChI is InChI=1S/C27H40NO3S/c1-8-10-18-31-24-17-14-22(27(6,7)20-26(3,4)5)19-25(24)32(29,30)28-23-15-12-21(11-9-2)13-16-23/h11-17,19,28H,8-10,18,20H2,1-7H3. The van der Waals surface area contributed by atoms with Crippen molar-refractivity contribution in [3.8, 4) is 5.75 Å². The lowest BCUT2D eigenvalue weighted by atomic mass is 9.72. The first kappa shape index (κ1) is 26.2. The van der Waals surface area contributed by atoms with Crippen molar-refractivity contribution in [1.82, 2.24) is 0 Å². The summed E-state index contributed by atoms with van der Waals surface area (Å²) in [6, 6.07) is 13.0. The summed E-state index contributed by atoms with van der Waals surface area (Å²) in [7, 11) is -3.82. The van der Waals surface area contributed by atoms with Gasteiger partial charge < -0.3 is 4.74 Å². The van der Waals surface area contributed by atoms with Crippen LogP contribution in [0.5, 0.6) is 5.75 Å². The fourth-order valence-electron chi connectivity index (χ4n) is 4.15. The van der Waals surface area contributed by atoms with Gasteiger partial charge in [0.05, 0.1) is 6.61 Å². The Hall–Kier alpha value is -2.01. The smallest absolute Gasteiger partial charge is 0.265 e. The van der Waals surface area contributed by atoms with Gasteiger partial charge in [-0.05, 0) is 71.9 Å². The van der Waals surface area contributed by atoms with Gasteiger partial charge in [-0.15, -0.1) is 0 Å². The van der Waals surface area contributed by atoms with Crippen LogP contribution in [-0.4, -0.2) is 15.0 Å². The summed E-state index contributed by atoms with van der Waals surface area (Å²) < 4.78 is 35.5. The Labute approximate surface area is 195 Å². The highest BCUT2D eigenvalue weighted by Crippen LogP contribution is 2.39. The molecule has 1 N–H and O–H groups in total. The van der Waals surface area contributed by atoms with E-state index in [1.54, 1.807) is 18.2 Å². The number of hydrogen-bond donors (Lipinski definition) is 1. The Balaban J connectivity index is 2.43. The molecule has 0 saturated heterocycles. The highest BCUT2D eigenvalue weighted by Gasteiger charge is 2.30. The SMILES string of the molecule is CC[CH]c1ccc(NS(=O)(=O)c2cc(C(C)(C)CC(C)(C)C)ccc2OCCCC)cc1. The average molecular weight is 459 g/mol. The fraction of sp³-hybridized carbons (Fsp3) is 0.519. The summed E-state index contributed by atoms with van der Waals surface area (Å²) in [5, 5.41) is 0. The highest BCUT2D eigenvalue weighted by atomic mass is 32.2. The normalized spacial score (nSPS) is 12.6. The molecule has 2 aromatic carbocycles. The van der Waals surface area contributed by atoms with Crippen LogP contribution in [0.25, 0.3) is 0 Å². The van der Waals surface area contributed by atoms with E-state index < -0.39 is 10.0 Å². The molecule has 5 heteroatoms. The Bertz CT molecular complexity index is 971. The maximum Gasteiger partial charge on any atom is 0.265 e. The number of rotatable bonds is 11. The predicted molar refractivity (Wildman–Crippen MR) is 135 cm³/mol. The summed E-state index contributed by atoms with van der Waals surface area (Å²) in [6.07, 6.45) is 5.81. The van der Waals surface area contributed by atoms with Crippen molar-refractivity contribution >= 4 is 15.7 Å². The molecule has 0 aliphatic heterocycles. The first-order valence-corrected chi connectivity index (χ1v) is 13.1. The molecule has 0 fully saturated rings. The number of anilines is 1. The fourth-order valence-corrected chi connectivity index (χ4v) is 5.38. The minimum Gasteiger partial charge on any atom is -0.492 e. The maximum atomic E-state index is 13.4. The molecule has 0 bridgehead atoms. The third-order valence-electron chi connectivity index (χ3n) is 5.35. The molecule has 0 aromatic heterocycles. The van der Waals surface area contributed by atoms with Crippen molar-refractivity contribution in [1.29, 1.82) is 0 Å². The van der Waals surface area contributed by atoms with Gasteiger partial charge in [0.1, 0.15) is 10.6 Å². The van der Waals surface area contributed by atoms with E-state index in [1.807, 2.05) is 24.3 Å². The van der Waals surface area contributed by atoms with Gasteiger partial charge in [-0.1, -0.05) is 73.1 Å². The number of nitrogens with one attached hydrogen (secondary N) is 1. The van der Waals surface area contributed by atoms with E-state index in [0.29, 0.717) is 18.0 Å². The van der Waals surface area contributed by atoms with Crippen molar-refractivity contribution in [2.24, 2.45) is 5.41 Å². The van der Waals surface area contributed by atoms with Crippen LogP contribution >= 0.6 is 0 Å². The van der Waals surface area contributed by atoms with Crippen LogP contribution in [0.2, 0.25) is 0 Å². The van der Waals surface area contributed by atoms with Gasteiger partial charge in [-0.2, -0.15) is 0 Å². The van der Waals surface area contributed by atoms with Gasteiger partial charge in [0.25, 0.3) is 10.0 Å². The van der Waals surface area contributed by atoms with Crippen molar-refractivity contribution in [3.05, 3.63) is 60.0 Å². The zero-order chi connectivity index (χ0) is 24.0. The summed E-state index contributed by atoms with van der Waals surface area (Å²) in [4.78, 5) is 0.192. The van der Waals surface area contributed by atoms with Gasteiger partial charge in [0, 0.05) is 5.69 Å². The molecule has 32 heavy (non-hydrogen) atoms. The second-order valence-electron chi connectivity index (χ2n) is 10.3. The van der Waals surface area contributed by atoms with Gasteiger partial charge >= 0.3 is 0 Å². The van der Waals surface area contributed by atoms with E-state index in [-0.39, 0.29) is 15.7 Å². The number of ether oxygens (including phenoxy) is 1. The molecule has 2 aromatic rings. The lowest BCUT2D eigenvalue weighted by molar-refractivity contribution is 0.282. The average Bonchev–Trinajstić information content (AvgIpc) is 2.68. The van der Waals surface area contributed by atoms with E-state index in [0.717, 1.165) is 36.8 Å². The van der Waals surface area contributed by atoms with Crippen LogP contribution in [-0.2, 0) is 15.4 Å². The molecular weight excluding hydrogens is 418 g/mol. The quantitative estimate of drug-likeness (QED) is 0.358. The highest BCUT2D eigenvalue weighted by molar-refractivity contribution is 7.92. The molecule has 2 rings (SSSR count). The second-order valence-corrected chi connectivity index (χ2v) is 12.0. The predicted octanol–water partition coefficient (Wildman–Crippen LogP) is 7.34. The molecule has 1 radical (unpaired) electrons. The Morgan fingerprint density at radius 2 is 1.62 bits per heavy atom. The summed E-state index contributed by atoms with van der Waals surface area (Å²) in [6.45, 7) is 15.6. The number of sulfonamides is 1. The molecule has 177 valence electrons. The van der Waals surface area contributed by atoms with Crippen molar-refractivity contribution < 1.29 is 13.2 Å². The molecule has 0 atom stereocenters. The Morgan fingerprint density at radius 1 is 0.969 bits per heavy atom. The van der Waals surface area contributed by atoms with Crippen LogP contribution in [0.3, 0.4) is 0 Å². The molecule has 0 spiro atoms. The minimum atomic E-state index is -3.82. The molecule has 0 amide bonds. The maximum absolute atomic E-state index is 13.4. The second kappa shape index (κ2) is 10.7. The number of benzene rings is 2. The van der Waals surface area contributed by atoms with Crippen molar-refractivity contribution in [3.63, 3.8) is 0 Å². The molecule has 0 heterocycles. The lowest BCUT2D eigenvalue weighted by Crippen LogP contribution is -2.25. The van der Waals surface area contributed by atoms with E-state index in [4.69, 9.17) is 4.74 Å². The molecule has 0 unspecified atom stereocenters. The summed E-state index contributed by atoms with van der Waals surface area (Å²) >= 11 is 0. The minimum absolute atomic E-state index is 0.119. The van der Waals surface area contributed by atoms with Crippen molar-refractivity contribution in [2.45, 2.75) is 84.5 Å². The van der Waals surface area contributed by atoms with Gasteiger partial charge in [0.15, 0.2) is 0 Å². The third-order valence-corrected chi connectivity index (χ3v) is 6.75. The molecule has 0 saturated carbocycles. The summed E-state index contributed by atoms with van der Waals surface area (Å²) in [5.41, 5.74) is 2.54. The van der Waals surface area contributed by atoms with Crippen LogP contribution in [0.4, 0.5) is 5.69 Å². The molecular formula is C27H40NO3S. The van der Waals surface area contributed by atoms with Crippen LogP contribution in [0.15, 0.2) is 47.4 Å². The van der Waals surface area contributed by atoms with Crippen LogP contribution < -0.4 is 9.46 Å².